The molecule has 1 heterocycles. The van der Waals surface area contributed by atoms with Crippen LogP contribution in [0.3, 0.4) is 0 Å². The summed E-state index contributed by atoms with van der Waals surface area (Å²) in [6.07, 6.45) is 3.69. The van der Waals surface area contributed by atoms with Crippen LogP contribution in [-0.2, 0) is 6.54 Å². The lowest BCUT2D eigenvalue weighted by molar-refractivity contribution is 0.220. The van der Waals surface area contributed by atoms with E-state index in [1.807, 2.05) is 54.7 Å². The summed E-state index contributed by atoms with van der Waals surface area (Å²) in [4.78, 5) is 13.9. The lowest BCUT2D eigenvalue weighted by Gasteiger charge is -2.17. The Hall–Kier alpha value is -3.28. The van der Waals surface area contributed by atoms with Gasteiger partial charge in [-0.3, -0.25) is 0 Å². The molecule has 2 amide bonds. The minimum atomic E-state index is -0.194. The van der Waals surface area contributed by atoms with Gasteiger partial charge in [-0.25, -0.2) is 9.48 Å². The smallest absolute Gasteiger partial charge is 0.321 e. The van der Waals surface area contributed by atoms with Gasteiger partial charge in [0.15, 0.2) is 0 Å². The standard InChI is InChI=1S/C19H20N4O2/c1-22(19(24)21-16-7-6-10-18(11-16)25-2)13-15-12-20-23(14-15)17-8-4-3-5-9-17/h3-12,14H,13H2,1-2H3,(H,21,24). The van der Waals surface area contributed by atoms with Crippen LogP contribution in [0.2, 0.25) is 0 Å². The summed E-state index contributed by atoms with van der Waals surface area (Å²) < 4.78 is 6.96. The second kappa shape index (κ2) is 7.53. The molecular weight excluding hydrogens is 316 g/mol. The third-order valence-corrected chi connectivity index (χ3v) is 3.74. The fourth-order valence-corrected chi connectivity index (χ4v) is 2.43. The number of methoxy groups -OCH3 is 1. The molecule has 0 unspecified atom stereocenters. The Kier molecular flexibility index (Phi) is 4.99. The van der Waals surface area contributed by atoms with Crippen molar-refractivity contribution in [2.45, 2.75) is 6.54 Å². The Morgan fingerprint density at radius 3 is 2.76 bits per heavy atom. The quantitative estimate of drug-likeness (QED) is 0.775. The maximum absolute atomic E-state index is 12.3. The Balaban J connectivity index is 1.62. The van der Waals surface area contributed by atoms with Crippen molar-refractivity contribution in [3.05, 3.63) is 72.6 Å². The monoisotopic (exact) mass is 336 g/mol. The summed E-state index contributed by atoms with van der Waals surface area (Å²) >= 11 is 0. The number of amides is 2. The number of rotatable bonds is 5. The highest BCUT2D eigenvalue weighted by atomic mass is 16.5. The molecule has 0 aliphatic heterocycles. The van der Waals surface area contributed by atoms with Crippen molar-refractivity contribution >= 4 is 11.7 Å². The van der Waals surface area contributed by atoms with Crippen LogP contribution in [0.25, 0.3) is 5.69 Å². The number of nitrogens with zero attached hydrogens (tertiary/aromatic N) is 3. The molecule has 0 spiro atoms. The van der Waals surface area contributed by atoms with Crippen LogP contribution in [0, 0.1) is 0 Å². The minimum absolute atomic E-state index is 0.194. The largest absolute Gasteiger partial charge is 0.497 e. The number of nitrogens with one attached hydrogen (secondary N) is 1. The highest BCUT2D eigenvalue weighted by molar-refractivity contribution is 5.89. The molecule has 0 radical (unpaired) electrons. The average molecular weight is 336 g/mol. The Morgan fingerprint density at radius 2 is 2.00 bits per heavy atom. The van der Waals surface area contributed by atoms with Crippen molar-refractivity contribution in [3.63, 3.8) is 0 Å². The zero-order chi connectivity index (χ0) is 17.6. The van der Waals surface area contributed by atoms with E-state index in [1.165, 1.54) is 0 Å². The fourth-order valence-electron chi connectivity index (χ4n) is 2.43. The SMILES string of the molecule is COc1cccc(NC(=O)N(C)Cc2cnn(-c3ccccc3)c2)c1. The number of ether oxygens (including phenoxy) is 1. The molecule has 128 valence electrons. The van der Waals surface area contributed by atoms with Gasteiger partial charge in [0.1, 0.15) is 5.75 Å². The van der Waals surface area contributed by atoms with Crippen LogP contribution in [0.5, 0.6) is 5.75 Å². The van der Waals surface area contributed by atoms with E-state index in [4.69, 9.17) is 4.74 Å². The predicted octanol–water partition coefficient (Wildman–Crippen LogP) is 3.54. The van der Waals surface area contributed by atoms with Gasteiger partial charge in [0.25, 0.3) is 0 Å². The van der Waals surface area contributed by atoms with Crippen LogP contribution in [-0.4, -0.2) is 34.9 Å². The summed E-state index contributed by atoms with van der Waals surface area (Å²) in [6.45, 7) is 0.461. The summed E-state index contributed by atoms with van der Waals surface area (Å²) in [6, 6.07) is 16.9. The maximum Gasteiger partial charge on any atom is 0.321 e. The number of benzene rings is 2. The van der Waals surface area contributed by atoms with Gasteiger partial charge in [0.2, 0.25) is 0 Å². The average Bonchev–Trinajstić information content (AvgIpc) is 3.11. The summed E-state index contributed by atoms with van der Waals surface area (Å²) in [5, 5.41) is 7.20. The molecule has 0 atom stereocenters. The molecule has 6 nitrogen and oxygen atoms in total. The van der Waals surface area contributed by atoms with Gasteiger partial charge in [0, 0.05) is 30.6 Å². The molecule has 0 aliphatic rings. The van der Waals surface area contributed by atoms with Gasteiger partial charge in [-0.15, -0.1) is 0 Å². The van der Waals surface area contributed by atoms with Crippen LogP contribution in [0.1, 0.15) is 5.56 Å². The van der Waals surface area contributed by atoms with E-state index in [0.29, 0.717) is 18.0 Å². The van der Waals surface area contributed by atoms with Crippen molar-refractivity contribution in [2.24, 2.45) is 0 Å². The molecule has 0 saturated carbocycles. The van der Waals surface area contributed by atoms with Crippen molar-refractivity contribution in [2.75, 3.05) is 19.5 Å². The van der Waals surface area contributed by atoms with Gasteiger partial charge in [-0.1, -0.05) is 24.3 Å². The number of carbonyl (C=O) groups is 1. The predicted molar refractivity (Wildman–Crippen MR) is 97.0 cm³/mol. The highest BCUT2D eigenvalue weighted by Gasteiger charge is 2.11. The minimum Gasteiger partial charge on any atom is -0.497 e. The van der Waals surface area contributed by atoms with Crippen LogP contribution < -0.4 is 10.1 Å². The highest BCUT2D eigenvalue weighted by Crippen LogP contribution is 2.17. The van der Waals surface area contributed by atoms with Crippen molar-refractivity contribution < 1.29 is 9.53 Å². The van der Waals surface area contributed by atoms with Gasteiger partial charge < -0.3 is 15.0 Å². The van der Waals surface area contributed by atoms with Gasteiger partial charge >= 0.3 is 6.03 Å². The van der Waals surface area contributed by atoms with Gasteiger partial charge in [-0.05, 0) is 24.3 Å². The maximum atomic E-state index is 12.3. The van der Waals surface area contributed by atoms with Gasteiger partial charge in [0.05, 0.1) is 25.5 Å². The zero-order valence-electron chi connectivity index (χ0n) is 14.2. The second-order valence-corrected chi connectivity index (χ2v) is 5.65. The van der Waals surface area contributed by atoms with E-state index in [0.717, 1.165) is 11.3 Å². The van der Waals surface area contributed by atoms with E-state index in [-0.39, 0.29) is 6.03 Å². The number of para-hydroxylation sites is 1. The first-order valence-electron chi connectivity index (χ1n) is 7.91. The molecule has 3 aromatic rings. The molecule has 6 heteroatoms. The summed E-state index contributed by atoms with van der Waals surface area (Å²) in [7, 11) is 3.34. The lowest BCUT2D eigenvalue weighted by atomic mass is 10.3. The summed E-state index contributed by atoms with van der Waals surface area (Å²) in [5.41, 5.74) is 2.63. The molecule has 0 saturated heterocycles. The fraction of sp³-hybridized carbons (Fsp3) is 0.158. The number of urea groups is 1. The van der Waals surface area contributed by atoms with E-state index >= 15 is 0 Å². The van der Waals surface area contributed by atoms with Crippen LogP contribution in [0.15, 0.2) is 67.0 Å². The van der Waals surface area contributed by atoms with E-state index in [9.17, 15) is 4.79 Å². The van der Waals surface area contributed by atoms with E-state index in [1.54, 1.807) is 36.0 Å². The first-order valence-corrected chi connectivity index (χ1v) is 7.91. The van der Waals surface area contributed by atoms with E-state index in [2.05, 4.69) is 10.4 Å². The number of carbonyl (C=O) groups excluding carboxylic acids is 1. The number of aromatic nitrogens is 2. The Morgan fingerprint density at radius 1 is 1.20 bits per heavy atom. The number of hydrogen-bond acceptors (Lipinski definition) is 3. The molecular formula is C19H20N4O2. The molecule has 2 aromatic carbocycles. The normalized spacial score (nSPS) is 10.3. The third-order valence-electron chi connectivity index (χ3n) is 3.74. The molecule has 1 N–H and O–H groups in total. The van der Waals surface area contributed by atoms with E-state index < -0.39 is 0 Å². The molecule has 1 aromatic heterocycles. The number of anilines is 1. The van der Waals surface area contributed by atoms with Crippen LogP contribution in [0.4, 0.5) is 10.5 Å². The summed E-state index contributed by atoms with van der Waals surface area (Å²) in [5.74, 6) is 0.699. The first-order chi connectivity index (χ1) is 12.2. The third kappa shape index (κ3) is 4.17. The Bertz CT molecular complexity index is 845. The topological polar surface area (TPSA) is 59.4 Å². The molecule has 0 fully saturated rings. The molecule has 0 bridgehead atoms. The lowest BCUT2D eigenvalue weighted by Crippen LogP contribution is -2.30. The molecule has 0 aliphatic carbocycles. The van der Waals surface area contributed by atoms with Crippen LogP contribution >= 0.6 is 0 Å². The number of hydrogen-bond donors (Lipinski definition) is 1. The van der Waals surface area contributed by atoms with Gasteiger partial charge in [-0.2, -0.15) is 5.10 Å². The van der Waals surface area contributed by atoms with Crippen molar-refractivity contribution in [1.29, 1.82) is 0 Å². The molecule has 25 heavy (non-hydrogen) atoms. The zero-order valence-corrected chi connectivity index (χ0v) is 14.2. The Labute approximate surface area is 146 Å². The van der Waals surface area contributed by atoms with Crippen molar-refractivity contribution in [1.82, 2.24) is 14.7 Å². The molecule has 3 rings (SSSR count). The second-order valence-electron chi connectivity index (χ2n) is 5.65. The van der Waals surface area contributed by atoms with Crippen molar-refractivity contribution in [3.8, 4) is 11.4 Å². The first kappa shape index (κ1) is 16.6.